The molecule has 3 heterocycles. The van der Waals surface area contributed by atoms with Crippen molar-refractivity contribution < 1.29 is 14.3 Å². The van der Waals surface area contributed by atoms with Crippen molar-refractivity contribution in [1.82, 2.24) is 14.7 Å². The van der Waals surface area contributed by atoms with Crippen LogP contribution in [0.1, 0.15) is 23.3 Å². The third kappa shape index (κ3) is 2.15. The first kappa shape index (κ1) is 12.6. The van der Waals surface area contributed by atoms with E-state index in [1.807, 2.05) is 0 Å². The monoisotopic (exact) mass is 265 g/mol. The maximum atomic E-state index is 12.6. The molecule has 2 aliphatic rings. The Hall–Kier alpha value is -1.40. The van der Waals surface area contributed by atoms with Gasteiger partial charge >= 0.3 is 0 Å². The molecular weight excluding hydrogens is 246 g/mol. The first-order valence-electron chi connectivity index (χ1n) is 6.66. The van der Waals surface area contributed by atoms with Crippen LogP contribution in [0, 0.1) is 0 Å². The van der Waals surface area contributed by atoms with E-state index in [-0.39, 0.29) is 5.78 Å². The van der Waals surface area contributed by atoms with Gasteiger partial charge < -0.3 is 9.47 Å². The van der Waals surface area contributed by atoms with Gasteiger partial charge in [0, 0.05) is 19.6 Å². The molecule has 2 fully saturated rings. The molecule has 104 valence electrons. The van der Waals surface area contributed by atoms with Gasteiger partial charge in [-0.1, -0.05) is 0 Å². The average molecular weight is 265 g/mol. The highest BCUT2D eigenvalue weighted by Gasteiger charge is 2.37. The topological polar surface area (TPSA) is 56.6 Å². The molecule has 3 rings (SSSR count). The van der Waals surface area contributed by atoms with Gasteiger partial charge in [0.2, 0.25) is 5.78 Å². The van der Waals surface area contributed by atoms with Gasteiger partial charge in [0.25, 0.3) is 0 Å². The van der Waals surface area contributed by atoms with Crippen molar-refractivity contribution in [3.8, 4) is 5.75 Å². The smallest absolute Gasteiger partial charge is 0.214 e. The summed E-state index contributed by atoms with van der Waals surface area (Å²) in [6.07, 6.45) is 3.54. The average Bonchev–Trinajstić information content (AvgIpc) is 3.02. The number of ether oxygens (including phenoxy) is 2. The fraction of sp³-hybridized carbons (Fsp3) is 0.692. The predicted octanol–water partition coefficient (Wildman–Crippen LogP) is 0.475. The van der Waals surface area contributed by atoms with E-state index in [9.17, 15) is 4.79 Å². The normalized spacial score (nSPS) is 27.3. The number of nitrogens with zero attached hydrogens (tertiary/aromatic N) is 3. The van der Waals surface area contributed by atoms with Crippen LogP contribution in [0.5, 0.6) is 5.75 Å². The number of carbonyl (C=O) groups excluding carboxylic acids is 1. The minimum Gasteiger partial charge on any atom is -0.493 e. The number of aryl methyl sites for hydroxylation is 1. The quantitative estimate of drug-likeness (QED) is 0.744. The molecule has 0 radical (unpaired) electrons. The minimum atomic E-state index is -0.404. The minimum absolute atomic E-state index is 0.0396. The SMILES string of the molecule is COc1cnn(C)c1C(=O)C1CN2CCCC2CO1. The molecule has 2 unspecified atom stereocenters. The Balaban J connectivity index is 1.78. The van der Waals surface area contributed by atoms with E-state index in [1.165, 1.54) is 12.8 Å². The Morgan fingerprint density at radius 2 is 2.42 bits per heavy atom. The molecule has 0 N–H and O–H groups in total. The number of aromatic nitrogens is 2. The molecule has 0 saturated carbocycles. The molecule has 6 heteroatoms. The van der Waals surface area contributed by atoms with Crippen molar-refractivity contribution in [1.29, 1.82) is 0 Å². The highest BCUT2D eigenvalue weighted by atomic mass is 16.5. The van der Waals surface area contributed by atoms with Crippen molar-refractivity contribution in [2.45, 2.75) is 25.0 Å². The molecule has 1 aromatic heterocycles. The number of fused-ring (bicyclic) bond motifs is 1. The summed E-state index contributed by atoms with van der Waals surface area (Å²) in [4.78, 5) is 14.9. The molecule has 0 spiro atoms. The molecule has 0 amide bonds. The third-order valence-electron chi connectivity index (χ3n) is 4.04. The molecule has 6 nitrogen and oxygen atoms in total. The summed E-state index contributed by atoms with van der Waals surface area (Å²) in [6, 6.07) is 0.498. The lowest BCUT2D eigenvalue weighted by molar-refractivity contribution is -0.0349. The van der Waals surface area contributed by atoms with E-state index in [1.54, 1.807) is 25.0 Å². The van der Waals surface area contributed by atoms with Crippen LogP contribution in [0.25, 0.3) is 0 Å². The standard InChI is InChI=1S/C13H19N3O3/c1-15-12(10(18-2)6-14-15)13(17)11-7-16-5-3-4-9(16)8-19-11/h6,9,11H,3-5,7-8H2,1-2H3. The number of hydrogen-bond acceptors (Lipinski definition) is 5. The Morgan fingerprint density at radius 1 is 1.58 bits per heavy atom. The Labute approximate surface area is 112 Å². The zero-order valence-corrected chi connectivity index (χ0v) is 11.3. The number of Topliss-reactive ketones (excluding diaryl/α,β-unsaturated/α-hetero) is 1. The molecule has 0 bridgehead atoms. The number of hydrogen-bond donors (Lipinski definition) is 0. The van der Waals surface area contributed by atoms with Gasteiger partial charge in [0.05, 0.1) is 19.9 Å². The first-order chi connectivity index (χ1) is 9.20. The summed E-state index contributed by atoms with van der Waals surface area (Å²) in [5.74, 6) is 0.474. The van der Waals surface area contributed by atoms with Crippen molar-refractivity contribution in [3.63, 3.8) is 0 Å². The van der Waals surface area contributed by atoms with E-state index >= 15 is 0 Å². The molecular formula is C13H19N3O3. The lowest BCUT2D eigenvalue weighted by Crippen LogP contribution is -2.49. The number of rotatable bonds is 3. The summed E-state index contributed by atoms with van der Waals surface area (Å²) in [5, 5.41) is 4.07. The van der Waals surface area contributed by atoms with E-state index in [0.29, 0.717) is 30.6 Å². The lowest BCUT2D eigenvalue weighted by atomic mass is 10.1. The van der Waals surface area contributed by atoms with Gasteiger partial charge in [-0.05, 0) is 19.4 Å². The van der Waals surface area contributed by atoms with Crippen molar-refractivity contribution in [3.05, 3.63) is 11.9 Å². The summed E-state index contributed by atoms with van der Waals surface area (Å²) in [5.41, 5.74) is 0.491. The van der Waals surface area contributed by atoms with Gasteiger partial charge in [-0.15, -0.1) is 0 Å². The van der Waals surface area contributed by atoms with Crippen LogP contribution in [-0.2, 0) is 11.8 Å². The van der Waals surface area contributed by atoms with Gasteiger partial charge in [-0.2, -0.15) is 5.10 Å². The van der Waals surface area contributed by atoms with Gasteiger partial charge in [0.15, 0.2) is 5.75 Å². The molecule has 2 saturated heterocycles. The molecule has 2 atom stereocenters. The van der Waals surface area contributed by atoms with Crippen LogP contribution in [-0.4, -0.2) is 59.4 Å². The molecule has 0 aliphatic carbocycles. The van der Waals surface area contributed by atoms with Crippen LogP contribution in [0.15, 0.2) is 6.20 Å². The van der Waals surface area contributed by atoms with E-state index in [4.69, 9.17) is 9.47 Å². The molecule has 1 aromatic rings. The molecule has 0 aromatic carbocycles. The molecule has 2 aliphatic heterocycles. The maximum Gasteiger partial charge on any atom is 0.214 e. The van der Waals surface area contributed by atoms with Crippen LogP contribution in [0.3, 0.4) is 0 Å². The number of methoxy groups -OCH3 is 1. The Bertz CT molecular complexity index is 485. The van der Waals surface area contributed by atoms with Crippen LogP contribution in [0.4, 0.5) is 0 Å². The van der Waals surface area contributed by atoms with Crippen LogP contribution >= 0.6 is 0 Å². The highest BCUT2D eigenvalue weighted by Crippen LogP contribution is 2.26. The van der Waals surface area contributed by atoms with Crippen LogP contribution in [0.2, 0.25) is 0 Å². The number of ketones is 1. The van der Waals surface area contributed by atoms with Gasteiger partial charge in [-0.25, -0.2) is 0 Å². The fourth-order valence-electron chi connectivity index (χ4n) is 2.98. The second kappa shape index (κ2) is 4.94. The summed E-state index contributed by atoms with van der Waals surface area (Å²) >= 11 is 0. The maximum absolute atomic E-state index is 12.6. The predicted molar refractivity (Wildman–Crippen MR) is 68.4 cm³/mol. The van der Waals surface area contributed by atoms with Crippen molar-refractivity contribution >= 4 is 5.78 Å². The Morgan fingerprint density at radius 3 is 3.21 bits per heavy atom. The lowest BCUT2D eigenvalue weighted by Gasteiger charge is -2.34. The highest BCUT2D eigenvalue weighted by molar-refractivity contribution is 6.00. The summed E-state index contributed by atoms with van der Waals surface area (Å²) in [6.45, 7) is 2.40. The number of morpholine rings is 1. The Kier molecular flexibility index (Phi) is 3.28. The third-order valence-corrected chi connectivity index (χ3v) is 4.04. The van der Waals surface area contributed by atoms with Crippen LogP contribution < -0.4 is 4.74 Å². The largest absolute Gasteiger partial charge is 0.493 e. The van der Waals surface area contributed by atoms with E-state index in [2.05, 4.69) is 10.00 Å². The summed E-state index contributed by atoms with van der Waals surface area (Å²) < 4.78 is 12.5. The molecule has 19 heavy (non-hydrogen) atoms. The fourth-order valence-corrected chi connectivity index (χ4v) is 2.98. The van der Waals surface area contributed by atoms with Crippen molar-refractivity contribution in [2.75, 3.05) is 26.8 Å². The number of carbonyl (C=O) groups is 1. The zero-order chi connectivity index (χ0) is 13.4. The van der Waals surface area contributed by atoms with E-state index < -0.39 is 6.10 Å². The van der Waals surface area contributed by atoms with Crippen molar-refractivity contribution in [2.24, 2.45) is 7.05 Å². The second-order valence-electron chi connectivity index (χ2n) is 5.16. The first-order valence-corrected chi connectivity index (χ1v) is 6.66. The second-order valence-corrected chi connectivity index (χ2v) is 5.16. The van der Waals surface area contributed by atoms with E-state index in [0.717, 1.165) is 6.54 Å². The zero-order valence-electron chi connectivity index (χ0n) is 11.3. The van der Waals surface area contributed by atoms with Gasteiger partial charge in [-0.3, -0.25) is 14.4 Å². The van der Waals surface area contributed by atoms with Gasteiger partial charge in [0.1, 0.15) is 11.8 Å². The summed E-state index contributed by atoms with van der Waals surface area (Å²) in [7, 11) is 3.29.